The van der Waals surface area contributed by atoms with E-state index >= 15 is 0 Å². The highest BCUT2D eigenvalue weighted by molar-refractivity contribution is 5.95. The summed E-state index contributed by atoms with van der Waals surface area (Å²) in [7, 11) is 1.75. The normalized spacial score (nSPS) is 20.3. The van der Waals surface area contributed by atoms with Gasteiger partial charge in [-0.15, -0.1) is 0 Å². The molecule has 17 heavy (non-hydrogen) atoms. The molecule has 6 heteroatoms. The molecule has 1 aliphatic heterocycles. The summed E-state index contributed by atoms with van der Waals surface area (Å²) < 4.78 is 1.57. The highest BCUT2D eigenvalue weighted by Crippen LogP contribution is 2.18. The van der Waals surface area contributed by atoms with E-state index in [0.717, 1.165) is 12.8 Å². The van der Waals surface area contributed by atoms with E-state index in [1.54, 1.807) is 24.0 Å². The van der Waals surface area contributed by atoms with Gasteiger partial charge in [-0.1, -0.05) is 0 Å². The second-order valence-corrected chi connectivity index (χ2v) is 4.29. The number of carbonyl (C=O) groups is 2. The van der Waals surface area contributed by atoms with E-state index in [4.69, 9.17) is 5.73 Å². The molecule has 1 aromatic rings. The molecule has 0 unspecified atom stereocenters. The Morgan fingerprint density at radius 2 is 2.24 bits per heavy atom. The molecule has 0 aliphatic carbocycles. The van der Waals surface area contributed by atoms with Gasteiger partial charge in [0.25, 0.3) is 5.91 Å². The summed E-state index contributed by atoms with van der Waals surface area (Å²) in [6.07, 6.45) is 4.19. The largest absolute Gasteiger partial charge is 0.368 e. The average molecular weight is 236 g/mol. The molecule has 0 saturated carbocycles. The number of aryl methyl sites for hydroxylation is 1. The first-order valence-corrected chi connectivity index (χ1v) is 5.69. The zero-order valence-electron chi connectivity index (χ0n) is 9.80. The minimum Gasteiger partial charge on any atom is -0.368 e. The number of primary amides is 1. The maximum absolute atomic E-state index is 12.2. The fraction of sp³-hybridized carbons (Fsp3) is 0.545. The van der Waals surface area contributed by atoms with Gasteiger partial charge in [0.2, 0.25) is 5.91 Å². The molecule has 1 fully saturated rings. The fourth-order valence-corrected chi connectivity index (χ4v) is 2.15. The van der Waals surface area contributed by atoms with Crippen LogP contribution in [0.4, 0.5) is 0 Å². The summed E-state index contributed by atoms with van der Waals surface area (Å²) in [6, 6.07) is 1.16. The quantitative estimate of drug-likeness (QED) is 0.778. The number of piperidine rings is 1. The van der Waals surface area contributed by atoms with Crippen LogP contribution < -0.4 is 5.73 Å². The summed E-state index contributed by atoms with van der Waals surface area (Å²) in [5.74, 6) is -0.650. The number of nitrogens with two attached hydrogens (primary N) is 1. The van der Waals surface area contributed by atoms with Crippen molar-refractivity contribution < 1.29 is 9.59 Å². The highest BCUT2D eigenvalue weighted by atomic mass is 16.2. The van der Waals surface area contributed by atoms with Gasteiger partial charge in [-0.3, -0.25) is 14.3 Å². The molecular weight excluding hydrogens is 220 g/mol. The molecule has 1 aliphatic rings. The highest BCUT2D eigenvalue weighted by Gasteiger charge is 2.31. The monoisotopic (exact) mass is 236 g/mol. The van der Waals surface area contributed by atoms with Crippen molar-refractivity contribution in [1.82, 2.24) is 14.7 Å². The number of hydrogen-bond acceptors (Lipinski definition) is 3. The van der Waals surface area contributed by atoms with Crippen molar-refractivity contribution in [3.05, 3.63) is 18.0 Å². The van der Waals surface area contributed by atoms with Crippen LogP contribution in [0.1, 0.15) is 29.8 Å². The fourth-order valence-electron chi connectivity index (χ4n) is 2.15. The Labute approximate surface area is 99.4 Å². The number of hydrogen-bond donors (Lipinski definition) is 1. The maximum atomic E-state index is 12.2. The molecule has 2 heterocycles. The minimum atomic E-state index is -0.488. The molecular formula is C11H16N4O2. The molecule has 0 radical (unpaired) electrons. The van der Waals surface area contributed by atoms with E-state index in [1.807, 2.05) is 0 Å². The first-order valence-electron chi connectivity index (χ1n) is 5.69. The molecule has 0 aromatic carbocycles. The zero-order chi connectivity index (χ0) is 12.4. The van der Waals surface area contributed by atoms with Crippen molar-refractivity contribution >= 4 is 11.8 Å². The van der Waals surface area contributed by atoms with Crippen molar-refractivity contribution in [2.75, 3.05) is 6.54 Å². The molecule has 2 rings (SSSR count). The topological polar surface area (TPSA) is 81.2 Å². The predicted molar refractivity (Wildman–Crippen MR) is 61.1 cm³/mol. The van der Waals surface area contributed by atoms with Gasteiger partial charge in [0, 0.05) is 19.8 Å². The first kappa shape index (κ1) is 11.6. The SMILES string of the molecule is Cn1ccc(C(=O)N2CCCC[C@H]2C(N)=O)n1. The van der Waals surface area contributed by atoms with Crippen LogP contribution in [0, 0.1) is 0 Å². The number of amides is 2. The van der Waals surface area contributed by atoms with Crippen LogP contribution in [0.25, 0.3) is 0 Å². The smallest absolute Gasteiger partial charge is 0.275 e. The second-order valence-electron chi connectivity index (χ2n) is 4.29. The summed E-state index contributed by atoms with van der Waals surface area (Å²) in [5, 5.41) is 4.05. The Bertz CT molecular complexity index is 440. The van der Waals surface area contributed by atoms with Crippen LogP contribution in [-0.2, 0) is 11.8 Å². The molecule has 2 N–H and O–H groups in total. The lowest BCUT2D eigenvalue weighted by atomic mass is 10.0. The lowest BCUT2D eigenvalue weighted by molar-refractivity contribution is -0.123. The Kier molecular flexibility index (Phi) is 3.12. The van der Waals surface area contributed by atoms with Gasteiger partial charge in [0.1, 0.15) is 11.7 Å². The average Bonchev–Trinajstić information content (AvgIpc) is 2.75. The number of carbonyl (C=O) groups excluding carboxylic acids is 2. The molecule has 0 spiro atoms. The summed E-state index contributed by atoms with van der Waals surface area (Å²) >= 11 is 0. The van der Waals surface area contributed by atoms with E-state index in [2.05, 4.69) is 5.10 Å². The molecule has 6 nitrogen and oxygen atoms in total. The van der Waals surface area contributed by atoms with Gasteiger partial charge in [-0.2, -0.15) is 5.10 Å². The molecule has 1 aromatic heterocycles. The van der Waals surface area contributed by atoms with E-state index in [1.165, 1.54) is 4.90 Å². The van der Waals surface area contributed by atoms with Gasteiger partial charge in [0.05, 0.1) is 0 Å². The Morgan fingerprint density at radius 3 is 2.82 bits per heavy atom. The van der Waals surface area contributed by atoms with Crippen LogP contribution in [0.5, 0.6) is 0 Å². The van der Waals surface area contributed by atoms with Crippen LogP contribution in [-0.4, -0.2) is 39.1 Å². The van der Waals surface area contributed by atoms with Crippen molar-refractivity contribution in [3.8, 4) is 0 Å². The van der Waals surface area contributed by atoms with Crippen LogP contribution in [0.15, 0.2) is 12.3 Å². The second kappa shape index (κ2) is 4.57. The Morgan fingerprint density at radius 1 is 1.47 bits per heavy atom. The molecule has 2 amide bonds. The first-order chi connectivity index (χ1) is 8.09. The van der Waals surface area contributed by atoms with Crippen molar-refractivity contribution in [3.63, 3.8) is 0 Å². The summed E-state index contributed by atoms with van der Waals surface area (Å²) in [6.45, 7) is 0.572. The maximum Gasteiger partial charge on any atom is 0.275 e. The van der Waals surface area contributed by atoms with Crippen LogP contribution in [0.2, 0.25) is 0 Å². The Hall–Kier alpha value is -1.85. The summed E-state index contributed by atoms with van der Waals surface area (Å²) in [5.41, 5.74) is 5.68. The molecule has 0 bridgehead atoms. The third-order valence-electron chi connectivity index (χ3n) is 3.02. The van der Waals surface area contributed by atoms with Gasteiger partial charge < -0.3 is 10.6 Å². The van der Waals surface area contributed by atoms with Gasteiger partial charge >= 0.3 is 0 Å². The number of rotatable bonds is 2. The number of likely N-dealkylation sites (tertiary alicyclic amines) is 1. The number of nitrogens with zero attached hydrogens (tertiary/aromatic N) is 3. The van der Waals surface area contributed by atoms with Crippen molar-refractivity contribution in [2.45, 2.75) is 25.3 Å². The van der Waals surface area contributed by atoms with Gasteiger partial charge in [-0.25, -0.2) is 0 Å². The van der Waals surface area contributed by atoms with Gasteiger partial charge in [-0.05, 0) is 25.3 Å². The van der Waals surface area contributed by atoms with Gasteiger partial charge in [0.15, 0.2) is 0 Å². The molecule has 1 saturated heterocycles. The van der Waals surface area contributed by atoms with Crippen molar-refractivity contribution in [2.24, 2.45) is 12.8 Å². The summed E-state index contributed by atoms with van der Waals surface area (Å²) in [4.78, 5) is 25.0. The van der Waals surface area contributed by atoms with E-state index in [9.17, 15) is 9.59 Å². The lowest BCUT2D eigenvalue weighted by Gasteiger charge is -2.33. The van der Waals surface area contributed by atoms with E-state index < -0.39 is 11.9 Å². The minimum absolute atomic E-state index is 0.214. The predicted octanol–water partition coefficient (Wildman–Crippen LogP) is -0.0999. The third kappa shape index (κ3) is 2.30. The van der Waals surface area contributed by atoms with E-state index in [-0.39, 0.29) is 5.91 Å². The zero-order valence-corrected chi connectivity index (χ0v) is 9.80. The van der Waals surface area contributed by atoms with Crippen LogP contribution in [0.3, 0.4) is 0 Å². The number of aromatic nitrogens is 2. The molecule has 92 valence electrons. The third-order valence-corrected chi connectivity index (χ3v) is 3.02. The van der Waals surface area contributed by atoms with E-state index in [0.29, 0.717) is 18.7 Å². The van der Waals surface area contributed by atoms with Crippen LogP contribution >= 0.6 is 0 Å². The lowest BCUT2D eigenvalue weighted by Crippen LogP contribution is -2.50. The van der Waals surface area contributed by atoms with Crippen molar-refractivity contribution in [1.29, 1.82) is 0 Å². The molecule has 1 atom stereocenters. The standard InChI is InChI=1S/C11H16N4O2/c1-14-7-5-8(13-14)11(17)15-6-3-2-4-9(15)10(12)16/h5,7,9H,2-4,6H2,1H3,(H2,12,16)/t9-/m0/s1. The Balaban J connectivity index is 2.19.